The Balaban J connectivity index is 1.93. The third-order valence-electron chi connectivity index (χ3n) is 5.64. The van der Waals surface area contributed by atoms with E-state index < -0.39 is 14.9 Å². The second kappa shape index (κ2) is 7.52. The van der Waals surface area contributed by atoms with Crippen molar-refractivity contribution in [1.82, 2.24) is 4.31 Å². The van der Waals surface area contributed by atoms with Crippen molar-refractivity contribution in [2.24, 2.45) is 5.92 Å². The molecule has 26 heavy (non-hydrogen) atoms. The van der Waals surface area contributed by atoms with Gasteiger partial charge in [0.15, 0.2) is 0 Å². The lowest BCUT2D eigenvalue weighted by atomic mass is 10.1. The third-order valence-corrected chi connectivity index (χ3v) is 7.54. The van der Waals surface area contributed by atoms with Crippen LogP contribution in [0.5, 0.6) is 0 Å². The molecule has 1 aromatic carbocycles. The number of nitrogens with zero attached hydrogens (tertiary/aromatic N) is 3. The highest BCUT2D eigenvalue weighted by molar-refractivity contribution is 7.89. The predicted octanol–water partition coefficient (Wildman–Crippen LogP) is 3.39. The van der Waals surface area contributed by atoms with Crippen molar-refractivity contribution in [2.75, 3.05) is 25.0 Å². The second-order valence-electron chi connectivity index (χ2n) is 7.41. The number of benzene rings is 1. The maximum Gasteiger partial charge on any atom is 0.293 e. The Morgan fingerprint density at radius 2 is 1.81 bits per heavy atom. The minimum absolute atomic E-state index is 0.0160. The molecule has 8 heteroatoms. The number of hydrogen-bond acceptors (Lipinski definition) is 5. The van der Waals surface area contributed by atoms with E-state index in [0.717, 1.165) is 38.5 Å². The number of rotatable bonds is 6. The van der Waals surface area contributed by atoms with Gasteiger partial charge in [-0.15, -0.1) is 0 Å². The van der Waals surface area contributed by atoms with Gasteiger partial charge in [0.2, 0.25) is 10.0 Å². The van der Waals surface area contributed by atoms with Gasteiger partial charge in [0.05, 0.1) is 9.82 Å². The molecule has 7 nitrogen and oxygen atoms in total. The van der Waals surface area contributed by atoms with Crippen LogP contribution < -0.4 is 4.90 Å². The van der Waals surface area contributed by atoms with Crippen molar-refractivity contribution in [3.63, 3.8) is 0 Å². The molecule has 1 atom stereocenters. The Kier molecular flexibility index (Phi) is 5.53. The minimum atomic E-state index is -3.70. The fourth-order valence-electron chi connectivity index (χ4n) is 3.65. The van der Waals surface area contributed by atoms with Gasteiger partial charge < -0.3 is 4.90 Å². The van der Waals surface area contributed by atoms with Gasteiger partial charge >= 0.3 is 0 Å². The van der Waals surface area contributed by atoms with Gasteiger partial charge in [-0.05, 0) is 50.7 Å². The van der Waals surface area contributed by atoms with Crippen molar-refractivity contribution in [3.8, 4) is 0 Å². The molecule has 0 spiro atoms. The van der Waals surface area contributed by atoms with Crippen LogP contribution in [0.3, 0.4) is 0 Å². The van der Waals surface area contributed by atoms with Crippen LogP contribution in [0.25, 0.3) is 0 Å². The topological polar surface area (TPSA) is 83.8 Å². The standard InChI is InChI=1S/C18H27N3O4S/c1-14(15-7-8-15)19(2)17-10-9-16(13-18(17)21(22)23)26(24,25)20-11-5-3-4-6-12-20/h9-10,13-15H,3-8,11-12H2,1-2H3/t14-/m0/s1. The Hall–Kier alpha value is -1.67. The average Bonchev–Trinajstić information content (AvgIpc) is 3.46. The quantitative estimate of drug-likeness (QED) is 0.557. The molecule has 2 fully saturated rings. The maximum atomic E-state index is 12.9. The van der Waals surface area contributed by atoms with Crippen LogP contribution in [0.15, 0.2) is 23.1 Å². The van der Waals surface area contributed by atoms with E-state index in [1.807, 2.05) is 11.9 Å². The highest BCUT2D eigenvalue weighted by Crippen LogP contribution is 2.39. The maximum absolute atomic E-state index is 12.9. The first-order valence-electron chi connectivity index (χ1n) is 9.34. The molecule has 2 aliphatic rings. The molecular weight excluding hydrogens is 354 g/mol. The monoisotopic (exact) mass is 381 g/mol. The van der Waals surface area contributed by atoms with Gasteiger partial charge in [0.1, 0.15) is 5.69 Å². The average molecular weight is 381 g/mol. The third kappa shape index (κ3) is 3.86. The fraction of sp³-hybridized carbons (Fsp3) is 0.667. The van der Waals surface area contributed by atoms with E-state index >= 15 is 0 Å². The number of sulfonamides is 1. The Morgan fingerprint density at radius 1 is 1.19 bits per heavy atom. The molecular formula is C18H27N3O4S. The van der Waals surface area contributed by atoms with E-state index in [-0.39, 0.29) is 16.6 Å². The number of hydrogen-bond donors (Lipinski definition) is 0. The molecule has 1 aliphatic carbocycles. The first kappa shape index (κ1) is 19.1. The second-order valence-corrected chi connectivity index (χ2v) is 9.35. The van der Waals surface area contributed by atoms with Gasteiger partial charge in [-0.25, -0.2) is 8.42 Å². The number of nitro groups is 1. The normalized spacial score (nSPS) is 20.4. The zero-order valence-electron chi connectivity index (χ0n) is 15.4. The van der Waals surface area contributed by atoms with Crippen LogP contribution in [0.2, 0.25) is 0 Å². The van der Waals surface area contributed by atoms with Crippen LogP contribution in [-0.4, -0.2) is 43.8 Å². The number of nitro benzene ring substituents is 1. The highest BCUT2D eigenvalue weighted by atomic mass is 32.2. The predicted molar refractivity (Wildman–Crippen MR) is 101 cm³/mol. The summed E-state index contributed by atoms with van der Waals surface area (Å²) >= 11 is 0. The van der Waals surface area contributed by atoms with E-state index in [4.69, 9.17) is 0 Å². The van der Waals surface area contributed by atoms with E-state index in [1.54, 1.807) is 6.07 Å². The molecule has 1 aromatic rings. The molecule has 1 heterocycles. The van der Waals surface area contributed by atoms with Crippen molar-refractivity contribution in [2.45, 2.75) is 56.4 Å². The zero-order valence-corrected chi connectivity index (χ0v) is 16.2. The molecule has 0 aromatic heterocycles. The van der Waals surface area contributed by atoms with E-state index in [2.05, 4.69) is 6.92 Å². The van der Waals surface area contributed by atoms with Crippen LogP contribution >= 0.6 is 0 Å². The molecule has 0 unspecified atom stereocenters. The first-order chi connectivity index (χ1) is 12.3. The molecule has 1 saturated heterocycles. The zero-order chi connectivity index (χ0) is 18.9. The summed E-state index contributed by atoms with van der Waals surface area (Å²) in [6.07, 6.45) is 5.99. The fourth-order valence-corrected chi connectivity index (χ4v) is 5.19. The molecule has 144 valence electrons. The molecule has 1 aliphatic heterocycles. The lowest BCUT2D eigenvalue weighted by Gasteiger charge is -2.27. The highest BCUT2D eigenvalue weighted by Gasteiger charge is 2.34. The summed E-state index contributed by atoms with van der Waals surface area (Å²) in [5.74, 6) is 0.556. The lowest BCUT2D eigenvalue weighted by molar-refractivity contribution is -0.384. The Labute approximate surface area is 155 Å². The largest absolute Gasteiger partial charge is 0.366 e. The molecule has 0 amide bonds. The van der Waals surface area contributed by atoms with Gasteiger partial charge in [0.25, 0.3) is 5.69 Å². The summed E-state index contributed by atoms with van der Waals surface area (Å²) in [5.41, 5.74) is 0.333. The Morgan fingerprint density at radius 3 is 2.35 bits per heavy atom. The molecule has 0 bridgehead atoms. The van der Waals surface area contributed by atoms with Gasteiger partial charge in [-0.1, -0.05) is 12.8 Å². The first-order valence-corrected chi connectivity index (χ1v) is 10.8. The molecule has 3 rings (SSSR count). The summed E-state index contributed by atoms with van der Waals surface area (Å²) < 4.78 is 27.3. The van der Waals surface area contributed by atoms with Crippen molar-refractivity contribution in [1.29, 1.82) is 0 Å². The molecule has 1 saturated carbocycles. The van der Waals surface area contributed by atoms with Crippen molar-refractivity contribution in [3.05, 3.63) is 28.3 Å². The number of anilines is 1. The van der Waals surface area contributed by atoms with Crippen LogP contribution in [0.4, 0.5) is 11.4 Å². The molecule has 0 radical (unpaired) electrons. The SMILES string of the molecule is C[C@@H](C1CC1)N(C)c1ccc(S(=O)(=O)N2CCCCCC2)cc1[N+](=O)[O-]. The van der Waals surface area contributed by atoms with Gasteiger partial charge in [-0.3, -0.25) is 10.1 Å². The summed E-state index contributed by atoms with van der Waals surface area (Å²) in [5, 5.41) is 11.6. The van der Waals surface area contributed by atoms with Crippen molar-refractivity contribution < 1.29 is 13.3 Å². The van der Waals surface area contributed by atoms with Gasteiger partial charge in [-0.2, -0.15) is 4.31 Å². The Bertz CT molecular complexity index is 769. The van der Waals surface area contributed by atoms with Gasteiger partial charge in [0, 0.05) is 32.2 Å². The van der Waals surface area contributed by atoms with Crippen LogP contribution in [0, 0.1) is 16.0 Å². The summed E-state index contributed by atoms with van der Waals surface area (Å²) in [6.45, 7) is 3.02. The summed E-state index contributed by atoms with van der Waals surface area (Å²) in [4.78, 5) is 13.1. The van der Waals surface area contributed by atoms with E-state index in [0.29, 0.717) is 24.7 Å². The lowest BCUT2D eigenvalue weighted by Crippen LogP contribution is -2.33. The van der Waals surface area contributed by atoms with E-state index in [1.165, 1.54) is 16.4 Å². The smallest absolute Gasteiger partial charge is 0.293 e. The van der Waals surface area contributed by atoms with Crippen LogP contribution in [0.1, 0.15) is 45.4 Å². The summed E-state index contributed by atoms with van der Waals surface area (Å²) in [7, 11) is -1.86. The minimum Gasteiger partial charge on any atom is -0.366 e. The van der Waals surface area contributed by atoms with Crippen molar-refractivity contribution >= 4 is 21.4 Å². The van der Waals surface area contributed by atoms with E-state index in [9.17, 15) is 18.5 Å². The van der Waals surface area contributed by atoms with Crippen LogP contribution in [-0.2, 0) is 10.0 Å². The molecule has 0 N–H and O–H groups in total. The summed E-state index contributed by atoms with van der Waals surface area (Å²) in [6, 6.07) is 4.52.